The van der Waals surface area contributed by atoms with Crippen molar-refractivity contribution in [2.75, 3.05) is 13.7 Å². The summed E-state index contributed by atoms with van der Waals surface area (Å²) >= 11 is 0. The highest BCUT2D eigenvalue weighted by molar-refractivity contribution is 5.89. The molecule has 1 aliphatic carbocycles. The number of aromatic nitrogens is 2. The van der Waals surface area contributed by atoms with E-state index < -0.39 is 66.1 Å². The number of hydrogen-bond acceptors (Lipinski definition) is 5. The Morgan fingerprint density at radius 1 is 1.38 bits per heavy atom. The van der Waals surface area contributed by atoms with E-state index in [1.165, 1.54) is 0 Å². The van der Waals surface area contributed by atoms with Gasteiger partial charge in [0, 0.05) is 32.0 Å². The van der Waals surface area contributed by atoms with E-state index in [1.807, 2.05) is 0 Å². The van der Waals surface area contributed by atoms with Crippen molar-refractivity contribution in [3.63, 3.8) is 0 Å². The van der Waals surface area contributed by atoms with Crippen LogP contribution in [0.4, 0.5) is 26.3 Å². The predicted molar refractivity (Wildman–Crippen MR) is 98.3 cm³/mol. The lowest BCUT2D eigenvalue weighted by molar-refractivity contribution is -0.148. The van der Waals surface area contributed by atoms with Crippen molar-refractivity contribution >= 4 is 11.9 Å². The van der Waals surface area contributed by atoms with Gasteiger partial charge in [-0.05, 0) is 18.2 Å². The van der Waals surface area contributed by atoms with Crippen molar-refractivity contribution in [2.45, 2.75) is 50.0 Å². The van der Waals surface area contributed by atoms with Gasteiger partial charge in [0.1, 0.15) is 5.83 Å². The molecule has 176 valence electrons. The maximum absolute atomic E-state index is 14.7. The monoisotopic (exact) mass is 466 g/mol. The molecule has 1 aromatic heterocycles. The van der Waals surface area contributed by atoms with E-state index in [0.29, 0.717) is 12.2 Å². The number of allylic oxidation sites excluding steroid dienone is 4. The standard InChI is InChI=1S/C19H20F6N4O3/c1-32-16(31)15-12-9-28(4-5-29(12)17(27-15)19(23,24)25)14(30)6-11(26)8-18(22)7-10(20)2-3-13(18)21/h2-3,7,11,13H,4-6,8-9,26H2,1H3/t11-,13?,18?/m1/s1. The van der Waals surface area contributed by atoms with Crippen molar-refractivity contribution in [1.29, 1.82) is 0 Å². The van der Waals surface area contributed by atoms with Gasteiger partial charge >= 0.3 is 12.1 Å². The second kappa shape index (κ2) is 8.60. The Morgan fingerprint density at radius 3 is 2.69 bits per heavy atom. The Balaban J connectivity index is 1.74. The summed E-state index contributed by atoms with van der Waals surface area (Å²) in [5.74, 6) is -4.00. The fraction of sp³-hybridized carbons (Fsp3) is 0.526. The number of amides is 1. The summed E-state index contributed by atoms with van der Waals surface area (Å²) in [7, 11) is 0.981. The van der Waals surface area contributed by atoms with Crippen LogP contribution in [0.25, 0.3) is 0 Å². The van der Waals surface area contributed by atoms with Crippen LogP contribution in [-0.4, -0.2) is 57.9 Å². The first kappa shape index (κ1) is 23.8. The number of carbonyl (C=O) groups excluding carboxylic acids is 2. The van der Waals surface area contributed by atoms with Gasteiger partial charge in [-0.2, -0.15) is 13.2 Å². The number of rotatable bonds is 5. The Hall–Kier alpha value is -2.83. The van der Waals surface area contributed by atoms with Gasteiger partial charge in [-0.25, -0.2) is 22.9 Å². The van der Waals surface area contributed by atoms with Gasteiger partial charge in [-0.15, -0.1) is 0 Å². The van der Waals surface area contributed by atoms with E-state index in [4.69, 9.17) is 5.73 Å². The van der Waals surface area contributed by atoms with E-state index in [-0.39, 0.29) is 25.3 Å². The second-order valence-corrected chi connectivity index (χ2v) is 7.57. The molecule has 13 heteroatoms. The summed E-state index contributed by atoms with van der Waals surface area (Å²) in [5.41, 5.74) is 2.33. The van der Waals surface area contributed by atoms with Crippen LogP contribution >= 0.6 is 0 Å². The van der Waals surface area contributed by atoms with Crippen LogP contribution in [0.15, 0.2) is 24.1 Å². The molecule has 2 heterocycles. The fourth-order valence-electron chi connectivity index (χ4n) is 3.75. The first-order valence-corrected chi connectivity index (χ1v) is 9.53. The Labute approximate surface area is 178 Å². The van der Waals surface area contributed by atoms with E-state index in [9.17, 15) is 35.9 Å². The third-order valence-corrected chi connectivity index (χ3v) is 5.26. The van der Waals surface area contributed by atoms with Gasteiger partial charge in [-0.3, -0.25) is 4.79 Å². The zero-order valence-electron chi connectivity index (χ0n) is 16.8. The van der Waals surface area contributed by atoms with Gasteiger partial charge in [0.15, 0.2) is 17.5 Å². The average Bonchev–Trinajstić information content (AvgIpc) is 3.09. The summed E-state index contributed by atoms with van der Waals surface area (Å²) < 4.78 is 87.1. The number of halogens is 6. The molecule has 0 saturated heterocycles. The molecular formula is C19H20F6N4O3. The number of nitrogens with two attached hydrogens (primary N) is 1. The van der Waals surface area contributed by atoms with Crippen molar-refractivity contribution < 1.29 is 40.7 Å². The number of ether oxygens (including phenoxy) is 1. The Kier molecular flexibility index (Phi) is 6.40. The summed E-state index contributed by atoms with van der Waals surface area (Å²) in [6.07, 6.45) is -6.17. The van der Waals surface area contributed by atoms with E-state index in [1.54, 1.807) is 0 Å². The molecule has 0 spiro atoms. The van der Waals surface area contributed by atoms with E-state index in [0.717, 1.165) is 22.7 Å². The molecule has 3 atom stereocenters. The van der Waals surface area contributed by atoms with E-state index >= 15 is 0 Å². The highest BCUT2D eigenvalue weighted by Gasteiger charge is 2.43. The minimum absolute atomic E-state index is 0.150. The lowest BCUT2D eigenvalue weighted by atomic mass is 9.87. The van der Waals surface area contributed by atoms with Crippen molar-refractivity contribution in [1.82, 2.24) is 14.5 Å². The van der Waals surface area contributed by atoms with Crippen molar-refractivity contribution in [2.24, 2.45) is 5.73 Å². The van der Waals surface area contributed by atoms with E-state index in [2.05, 4.69) is 9.72 Å². The zero-order valence-corrected chi connectivity index (χ0v) is 16.8. The molecule has 0 radical (unpaired) electrons. The molecular weight excluding hydrogens is 446 g/mol. The molecule has 0 fully saturated rings. The first-order chi connectivity index (χ1) is 14.9. The molecule has 0 bridgehead atoms. The predicted octanol–water partition coefficient (Wildman–Crippen LogP) is 2.61. The minimum Gasteiger partial charge on any atom is -0.464 e. The Morgan fingerprint density at radius 2 is 2.06 bits per heavy atom. The number of methoxy groups -OCH3 is 1. The molecule has 2 N–H and O–H groups in total. The summed E-state index contributed by atoms with van der Waals surface area (Å²) in [6, 6.07) is -1.20. The smallest absolute Gasteiger partial charge is 0.449 e. The Bertz CT molecular complexity index is 973. The molecule has 2 unspecified atom stereocenters. The number of hydrogen-bond donors (Lipinski definition) is 1. The zero-order chi connectivity index (χ0) is 23.8. The molecule has 2 aliphatic rings. The molecule has 1 amide bonds. The number of esters is 1. The largest absolute Gasteiger partial charge is 0.464 e. The molecule has 3 rings (SSSR count). The molecule has 0 aromatic carbocycles. The highest BCUT2D eigenvalue weighted by atomic mass is 19.4. The van der Waals surface area contributed by atoms with Crippen molar-refractivity contribution in [3.05, 3.63) is 41.3 Å². The van der Waals surface area contributed by atoms with Crippen molar-refractivity contribution in [3.8, 4) is 0 Å². The third kappa shape index (κ3) is 4.66. The highest BCUT2D eigenvalue weighted by Crippen LogP contribution is 2.35. The molecule has 1 aromatic rings. The molecule has 32 heavy (non-hydrogen) atoms. The lowest BCUT2D eigenvalue weighted by Gasteiger charge is -2.32. The maximum Gasteiger partial charge on any atom is 0.449 e. The maximum atomic E-state index is 14.7. The second-order valence-electron chi connectivity index (χ2n) is 7.57. The molecule has 1 aliphatic heterocycles. The summed E-state index contributed by atoms with van der Waals surface area (Å²) in [5, 5.41) is 0. The van der Waals surface area contributed by atoms with Crippen LogP contribution in [0.3, 0.4) is 0 Å². The molecule has 0 saturated carbocycles. The first-order valence-electron chi connectivity index (χ1n) is 9.53. The summed E-state index contributed by atoms with van der Waals surface area (Å²) in [4.78, 5) is 29.0. The van der Waals surface area contributed by atoms with Crippen LogP contribution < -0.4 is 5.73 Å². The van der Waals surface area contributed by atoms with Gasteiger partial charge in [0.05, 0.1) is 19.3 Å². The number of imidazole rings is 1. The number of fused-ring (bicyclic) bond motifs is 1. The summed E-state index contributed by atoms with van der Waals surface area (Å²) in [6.45, 7) is -0.835. The molecule has 7 nitrogen and oxygen atoms in total. The van der Waals surface area contributed by atoms with Gasteiger partial charge in [0.2, 0.25) is 11.7 Å². The quantitative estimate of drug-likeness (QED) is 0.532. The minimum atomic E-state index is -4.83. The topological polar surface area (TPSA) is 90.5 Å². The lowest BCUT2D eigenvalue weighted by Crippen LogP contribution is -2.44. The SMILES string of the molecule is COC(=O)c1nc(C(F)(F)F)n2c1CN(C(=O)C[C@@H](N)CC1(F)C=C(F)C=CC1F)CC2. The fourth-order valence-corrected chi connectivity index (χ4v) is 3.75. The number of carbonyl (C=O) groups is 2. The van der Waals surface area contributed by atoms with Gasteiger partial charge in [-0.1, -0.05) is 0 Å². The van der Waals surface area contributed by atoms with Crippen LogP contribution in [0.1, 0.15) is 34.8 Å². The van der Waals surface area contributed by atoms with Crippen LogP contribution in [0.2, 0.25) is 0 Å². The van der Waals surface area contributed by atoms with Crippen LogP contribution in [0.5, 0.6) is 0 Å². The van der Waals surface area contributed by atoms with Crippen LogP contribution in [0, 0.1) is 0 Å². The van der Waals surface area contributed by atoms with Gasteiger partial charge < -0.3 is 19.9 Å². The third-order valence-electron chi connectivity index (χ3n) is 5.26. The average molecular weight is 466 g/mol. The van der Waals surface area contributed by atoms with Gasteiger partial charge in [0.25, 0.3) is 0 Å². The normalized spacial score (nSPS) is 24.1. The number of alkyl halides is 5. The number of nitrogens with zero attached hydrogens (tertiary/aromatic N) is 3. The van der Waals surface area contributed by atoms with Crippen LogP contribution in [-0.2, 0) is 28.8 Å².